The smallest absolute Gasteiger partial charge is 0.246 e. The Balaban J connectivity index is 1.92. The van der Waals surface area contributed by atoms with E-state index in [1.54, 1.807) is 0 Å². The van der Waals surface area contributed by atoms with Gasteiger partial charge in [-0.05, 0) is 25.3 Å². The second-order valence-corrected chi connectivity index (χ2v) is 8.55. The first-order valence-corrected chi connectivity index (χ1v) is 9.62. The first-order valence-electron chi connectivity index (χ1n) is 7.80. The van der Waals surface area contributed by atoms with Crippen LogP contribution in [0, 0.1) is 5.82 Å². The Kier molecular flexibility index (Phi) is 4.83. The topological polar surface area (TPSA) is 78.5 Å². The fourth-order valence-corrected chi connectivity index (χ4v) is 5.13. The monoisotopic (exact) mass is 375 g/mol. The van der Waals surface area contributed by atoms with Crippen molar-refractivity contribution in [2.75, 3.05) is 18.4 Å². The molecule has 1 amide bonds. The van der Waals surface area contributed by atoms with Gasteiger partial charge in [0.2, 0.25) is 15.9 Å². The van der Waals surface area contributed by atoms with E-state index < -0.39 is 26.6 Å². The van der Waals surface area contributed by atoms with E-state index in [9.17, 15) is 17.6 Å². The van der Waals surface area contributed by atoms with E-state index in [4.69, 9.17) is 11.6 Å². The predicted octanol–water partition coefficient (Wildman–Crippen LogP) is 1.95. The van der Waals surface area contributed by atoms with Gasteiger partial charge in [0, 0.05) is 38.2 Å². The van der Waals surface area contributed by atoms with E-state index in [0.717, 1.165) is 25.0 Å². The number of sulfonamides is 1. The number of carbonyl (C=O) groups is 1. The van der Waals surface area contributed by atoms with Crippen molar-refractivity contribution in [3.63, 3.8) is 0 Å². The van der Waals surface area contributed by atoms with Crippen LogP contribution in [0.1, 0.15) is 26.2 Å². The normalized spacial score (nSPS) is 24.6. The van der Waals surface area contributed by atoms with Gasteiger partial charge in [0.1, 0.15) is 10.7 Å². The molecule has 2 aliphatic heterocycles. The molecule has 0 spiro atoms. The number of nitrogens with zero attached hydrogens (tertiary/aromatic N) is 1. The second kappa shape index (κ2) is 6.59. The number of hydrogen-bond donors (Lipinski definition) is 2. The highest BCUT2D eigenvalue weighted by Gasteiger charge is 2.36. The lowest BCUT2D eigenvalue weighted by molar-refractivity contribution is -0.114. The third-order valence-electron chi connectivity index (χ3n) is 4.44. The Morgan fingerprint density at radius 2 is 2.04 bits per heavy atom. The van der Waals surface area contributed by atoms with Crippen molar-refractivity contribution in [2.45, 2.75) is 43.2 Å². The van der Waals surface area contributed by atoms with Crippen LogP contribution in [-0.2, 0) is 14.8 Å². The van der Waals surface area contributed by atoms with E-state index in [0.29, 0.717) is 25.6 Å². The number of carbonyl (C=O) groups excluding carboxylic acids is 1. The zero-order valence-electron chi connectivity index (χ0n) is 13.2. The first kappa shape index (κ1) is 17.6. The molecule has 2 aliphatic rings. The predicted molar refractivity (Wildman–Crippen MR) is 89.0 cm³/mol. The molecule has 1 aromatic rings. The Morgan fingerprint density at radius 1 is 1.33 bits per heavy atom. The van der Waals surface area contributed by atoms with Crippen molar-refractivity contribution in [2.24, 2.45) is 0 Å². The molecule has 0 saturated carbocycles. The standard InChI is InChI=1S/C15H19ClFN3O3S/c1-9(21)18-14-7-13(17)15(6-12(14)16)24(22,23)20-5-4-10-2-3-11(8-20)19-10/h6-7,10-11,19H,2-5,8H2,1H3,(H,18,21). The summed E-state index contributed by atoms with van der Waals surface area (Å²) in [4.78, 5) is 10.6. The average Bonchev–Trinajstić information content (AvgIpc) is 2.80. The highest BCUT2D eigenvalue weighted by molar-refractivity contribution is 7.89. The third kappa shape index (κ3) is 3.42. The van der Waals surface area contributed by atoms with Crippen LogP contribution in [0.25, 0.3) is 0 Å². The Morgan fingerprint density at radius 3 is 2.75 bits per heavy atom. The molecule has 9 heteroatoms. The minimum Gasteiger partial charge on any atom is -0.325 e. The molecule has 2 bridgehead atoms. The molecule has 6 nitrogen and oxygen atoms in total. The van der Waals surface area contributed by atoms with Crippen LogP contribution in [0.4, 0.5) is 10.1 Å². The van der Waals surface area contributed by atoms with Crippen molar-refractivity contribution in [1.82, 2.24) is 9.62 Å². The number of nitrogens with one attached hydrogen (secondary N) is 2. The summed E-state index contributed by atoms with van der Waals surface area (Å²) < 4.78 is 41.4. The molecule has 0 radical (unpaired) electrons. The zero-order valence-corrected chi connectivity index (χ0v) is 14.8. The molecule has 2 fully saturated rings. The molecule has 2 heterocycles. The summed E-state index contributed by atoms with van der Waals surface area (Å²) >= 11 is 6.01. The van der Waals surface area contributed by atoms with Gasteiger partial charge in [0.05, 0.1) is 10.7 Å². The summed E-state index contributed by atoms with van der Waals surface area (Å²) in [6, 6.07) is 2.43. The van der Waals surface area contributed by atoms with Gasteiger partial charge >= 0.3 is 0 Å². The number of hydrogen-bond acceptors (Lipinski definition) is 4. The fraction of sp³-hybridized carbons (Fsp3) is 0.533. The van der Waals surface area contributed by atoms with Gasteiger partial charge < -0.3 is 10.6 Å². The lowest BCUT2D eigenvalue weighted by Gasteiger charge is -2.24. The van der Waals surface area contributed by atoms with Gasteiger partial charge in [-0.3, -0.25) is 4.79 Å². The number of rotatable bonds is 3. The first-order chi connectivity index (χ1) is 11.3. The van der Waals surface area contributed by atoms with E-state index in [1.165, 1.54) is 11.2 Å². The van der Waals surface area contributed by atoms with Crippen LogP contribution >= 0.6 is 11.6 Å². The number of halogens is 2. The van der Waals surface area contributed by atoms with Gasteiger partial charge in [-0.1, -0.05) is 11.6 Å². The SMILES string of the molecule is CC(=O)Nc1cc(F)c(S(=O)(=O)N2CCC3CCC(C2)N3)cc1Cl. The summed E-state index contributed by atoms with van der Waals surface area (Å²) in [6.07, 6.45) is 2.67. The lowest BCUT2D eigenvalue weighted by Crippen LogP contribution is -2.39. The zero-order chi connectivity index (χ0) is 17.5. The van der Waals surface area contributed by atoms with Gasteiger partial charge in [0.25, 0.3) is 0 Å². The quantitative estimate of drug-likeness (QED) is 0.846. The van der Waals surface area contributed by atoms with E-state index in [1.807, 2.05) is 0 Å². The Bertz CT molecular complexity index is 771. The summed E-state index contributed by atoms with van der Waals surface area (Å²) in [7, 11) is -3.99. The summed E-state index contributed by atoms with van der Waals surface area (Å²) in [5.41, 5.74) is 0.0530. The lowest BCUT2D eigenvalue weighted by atomic mass is 10.1. The molecular weight excluding hydrogens is 357 g/mol. The molecule has 132 valence electrons. The van der Waals surface area contributed by atoms with Crippen LogP contribution in [0.3, 0.4) is 0 Å². The minimum atomic E-state index is -3.99. The van der Waals surface area contributed by atoms with E-state index in [-0.39, 0.29) is 16.8 Å². The summed E-state index contributed by atoms with van der Waals surface area (Å²) in [5.74, 6) is -1.34. The van der Waals surface area contributed by atoms with Crippen molar-refractivity contribution in [3.05, 3.63) is 23.0 Å². The van der Waals surface area contributed by atoms with E-state index in [2.05, 4.69) is 10.6 Å². The molecular formula is C15H19ClFN3O3S. The van der Waals surface area contributed by atoms with Gasteiger partial charge in [-0.2, -0.15) is 4.31 Å². The molecule has 2 atom stereocenters. The maximum Gasteiger partial charge on any atom is 0.246 e. The van der Waals surface area contributed by atoms with Gasteiger partial charge in [0.15, 0.2) is 0 Å². The van der Waals surface area contributed by atoms with Crippen molar-refractivity contribution in [3.8, 4) is 0 Å². The number of amides is 1. The molecule has 3 rings (SSSR count). The molecule has 0 aliphatic carbocycles. The highest BCUT2D eigenvalue weighted by Crippen LogP contribution is 2.31. The number of anilines is 1. The molecule has 2 N–H and O–H groups in total. The van der Waals surface area contributed by atoms with Crippen LogP contribution in [-0.4, -0.2) is 43.8 Å². The molecule has 2 saturated heterocycles. The Labute approximate surface area is 145 Å². The van der Waals surface area contributed by atoms with E-state index >= 15 is 0 Å². The largest absolute Gasteiger partial charge is 0.325 e. The van der Waals surface area contributed by atoms with Crippen molar-refractivity contribution in [1.29, 1.82) is 0 Å². The molecule has 0 aromatic heterocycles. The minimum absolute atomic E-state index is 0.0142. The molecule has 1 aromatic carbocycles. The van der Waals surface area contributed by atoms with Crippen LogP contribution in [0.2, 0.25) is 5.02 Å². The molecule has 2 unspecified atom stereocenters. The van der Waals surface area contributed by atoms with Crippen molar-refractivity contribution >= 4 is 33.2 Å². The summed E-state index contributed by atoms with van der Waals surface area (Å²) in [5, 5.41) is 5.75. The summed E-state index contributed by atoms with van der Waals surface area (Å²) in [6.45, 7) is 1.93. The molecule has 24 heavy (non-hydrogen) atoms. The fourth-order valence-electron chi connectivity index (χ4n) is 3.28. The van der Waals surface area contributed by atoms with Gasteiger partial charge in [-0.25, -0.2) is 12.8 Å². The average molecular weight is 376 g/mol. The van der Waals surface area contributed by atoms with Gasteiger partial charge in [-0.15, -0.1) is 0 Å². The third-order valence-corrected chi connectivity index (χ3v) is 6.63. The second-order valence-electron chi connectivity index (χ2n) is 6.23. The number of benzene rings is 1. The Hall–Kier alpha value is -1.22. The number of fused-ring (bicyclic) bond motifs is 2. The maximum atomic E-state index is 14.4. The van der Waals surface area contributed by atoms with Crippen LogP contribution in [0.5, 0.6) is 0 Å². The highest BCUT2D eigenvalue weighted by atomic mass is 35.5. The van der Waals surface area contributed by atoms with Crippen LogP contribution < -0.4 is 10.6 Å². The van der Waals surface area contributed by atoms with Crippen LogP contribution in [0.15, 0.2) is 17.0 Å². The maximum absolute atomic E-state index is 14.4. The van der Waals surface area contributed by atoms with Crippen molar-refractivity contribution < 1.29 is 17.6 Å².